The first-order valence-corrected chi connectivity index (χ1v) is 15.4. The Morgan fingerprint density at radius 3 is 2.43 bits per heavy atom. The average Bonchev–Trinajstić information content (AvgIpc) is 2.85. The first-order chi connectivity index (χ1) is 17.2. The molecule has 3 N–H and O–H groups in total. The molecule has 2 aromatic rings. The fourth-order valence-corrected chi connectivity index (χ4v) is 6.29. The summed E-state index contributed by atoms with van der Waals surface area (Å²) in [5, 5.41) is 12.2. The molecule has 1 saturated carbocycles. The molecule has 0 saturated heterocycles. The molecule has 10 heteroatoms. The predicted molar refractivity (Wildman–Crippen MR) is 146 cm³/mol. The van der Waals surface area contributed by atoms with Crippen molar-refractivity contribution in [2.24, 2.45) is 5.92 Å². The first-order valence-electron chi connectivity index (χ1n) is 12.4. The molecular formula is C27H36LiN2O5S2+. The molecule has 0 aromatic heterocycles. The van der Waals surface area contributed by atoms with Gasteiger partial charge in [0.2, 0.25) is 10.0 Å². The van der Waals surface area contributed by atoms with Crippen LogP contribution in [0.2, 0.25) is 0 Å². The van der Waals surface area contributed by atoms with Crippen molar-refractivity contribution in [3.63, 3.8) is 0 Å². The van der Waals surface area contributed by atoms with Gasteiger partial charge in [-0.1, -0.05) is 49.6 Å². The number of carboxylic acids is 1. The molecule has 0 bridgehead atoms. The van der Waals surface area contributed by atoms with E-state index in [4.69, 9.17) is 0 Å². The number of amides is 1. The summed E-state index contributed by atoms with van der Waals surface area (Å²) >= 11 is 1.51. The van der Waals surface area contributed by atoms with Gasteiger partial charge in [0.05, 0.1) is 5.75 Å². The van der Waals surface area contributed by atoms with Crippen LogP contribution in [0, 0.1) is 12.8 Å². The van der Waals surface area contributed by atoms with Gasteiger partial charge in [0.25, 0.3) is 5.91 Å². The number of aryl methyl sites for hydroxylation is 1. The zero-order chi connectivity index (χ0) is 26.1. The van der Waals surface area contributed by atoms with Crippen molar-refractivity contribution in [3.8, 4) is 11.1 Å². The molecule has 1 fully saturated rings. The maximum Gasteiger partial charge on any atom is 1.00 e. The first kappa shape index (κ1) is 31.5. The Kier molecular flexibility index (Phi) is 12.7. The largest absolute Gasteiger partial charge is 1.00 e. The topological polar surface area (TPSA) is 113 Å². The molecule has 1 aliphatic carbocycles. The second-order valence-electron chi connectivity index (χ2n) is 9.45. The van der Waals surface area contributed by atoms with Crippen molar-refractivity contribution in [1.82, 2.24) is 10.0 Å². The molecule has 1 aliphatic rings. The fraction of sp³-hybridized carbons (Fsp3) is 0.481. The minimum Gasteiger partial charge on any atom is -0.480 e. The number of rotatable bonds is 12. The molecule has 37 heavy (non-hydrogen) atoms. The molecule has 0 heterocycles. The van der Waals surface area contributed by atoms with E-state index < -0.39 is 27.9 Å². The Balaban J connectivity index is 0.00000481. The van der Waals surface area contributed by atoms with Crippen LogP contribution in [-0.4, -0.2) is 50.0 Å². The van der Waals surface area contributed by atoms with E-state index in [1.807, 2.05) is 37.4 Å². The monoisotopic (exact) mass is 539 g/mol. The molecule has 3 rings (SSSR count). The van der Waals surface area contributed by atoms with Gasteiger partial charge < -0.3 is 10.4 Å². The van der Waals surface area contributed by atoms with Crippen molar-refractivity contribution < 1.29 is 42.0 Å². The average molecular weight is 540 g/mol. The van der Waals surface area contributed by atoms with Crippen LogP contribution in [-0.2, 0) is 20.6 Å². The van der Waals surface area contributed by atoms with Crippen LogP contribution in [0.15, 0.2) is 42.5 Å². The summed E-state index contributed by atoms with van der Waals surface area (Å²) in [4.78, 5) is 24.9. The van der Waals surface area contributed by atoms with Gasteiger partial charge >= 0.3 is 24.8 Å². The summed E-state index contributed by atoms with van der Waals surface area (Å²) in [6, 6.07) is 11.5. The fourth-order valence-electron chi connectivity index (χ4n) is 4.61. The molecule has 0 radical (unpaired) electrons. The number of hydrogen-bond acceptors (Lipinski definition) is 5. The van der Waals surface area contributed by atoms with E-state index in [2.05, 4.69) is 10.0 Å². The zero-order valence-corrected chi connectivity index (χ0v) is 23.6. The number of benzene rings is 2. The molecule has 1 atom stereocenters. The van der Waals surface area contributed by atoms with E-state index in [1.165, 1.54) is 18.2 Å². The Bertz CT molecular complexity index is 1170. The molecule has 0 spiro atoms. The minimum atomic E-state index is -3.55. The Morgan fingerprint density at radius 1 is 1.08 bits per heavy atom. The summed E-state index contributed by atoms with van der Waals surface area (Å²) in [7, 11) is -3.55. The van der Waals surface area contributed by atoms with Crippen LogP contribution in [0.1, 0.15) is 60.0 Å². The van der Waals surface area contributed by atoms with E-state index in [-0.39, 0.29) is 24.6 Å². The van der Waals surface area contributed by atoms with Crippen molar-refractivity contribution >= 4 is 33.7 Å². The quantitative estimate of drug-likeness (QED) is 0.353. The van der Waals surface area contributed by atoms with Gasteiger partial charge in [-0.05, 0) is 78.5 Å². The number of nitrogens with one attached hydrogen (secondary N) is 2. The molecule has 196 valence electrons. The van der Waals surface area contributed by atoms with Crippen LogP contribution in [0.5, 0.6) is 0 Å². The van der Waals surface area contributed by atoms with Crippen LogP contribution < -0.4 is 28.9 Å². The van der Waals surface area contributed by atoms with Crippen molar-refractivity contribution in [2.75, 3.05) is 18.6 Å². The third kappa shape index (κ3) is 9.49. The van der Waals surface area contributed by atoms with Crippen molar-refractivity contribution in [3.05, 3.63) is 59.2 Å². The zero-order valence-electron chi connectivity index (χ0n) is 22.0. The third-order valence-corrected chi connectivity index (χ3v) is 8.62. The van der Waals surface area contributed by atoms with Crippen molar-refractivity contribution in [2.45, 2.75) is 57.2 Å². The van der Waals surface area contributed by atoms with Gasteiger partial charge in [-0.15, -0.1) is 0 Å². The normalized spacial score (nSPS) is 15.0. The van der Waals surface area contributed by atoms with E-state index in [0.29, 0.717) is 41.3 Å². The maximum absolute atomic E-state index is 13.2. The van der Waals surface area contributed by atoms with Gasteiger partial charge in [-0.3, -0.25) is 4.79 Å². The number of hydrogen-bond donors (Lipinski definition) is 3. The summed E-state index contributed by atoms with van der Waals surface area (Å²) < 4.78 is 28.4. The summed E-state index contributed by atoms with van der Waals surface area (Å²) in [6.45, 7) is 2.38. The second-order valence-corrected chi connectivity index (χ2v) is 12.2. The van der Waals surface area contributed by atoms with Gasteiger partial charge in [0.15, 0.2) is 0 Å². The summed E-state index contributed by atoms with van der Waals surface area (Å²) in [5.74, 6) is -0.776. The van der Waals surface area contributed by atoms with E-state index in [1.54, 1.807) is 18.2 Å². The van der Waals surface area contributed by atoms with Gasteiger partial charge in [-0.2, -0.15) is 11.8 Å². The maximum atomic E-state index is 13.2. The van der Waals surface area contributed by atoms with Crippen LogP contribution in [0.4, 0.5) is 0 Å². The van der Waals surface area contributed by atoms with Crippen LogP contribution in [0.3, 0.4) is 0 Å². The summed E-state index contributed by atoms with van der Waals surface area (Å²) in [5.41, 5.74) is 3.20. The second kappa shape index (κ2) is 15.0. The Labute approximate surface area is 236 Å². The number of sulfonamides is 1. The molecule has 0 aliphatic heterocycles. The molecular weight excluding hydrogens is 503 g/mol. The summed E-state index contributed by atoms with van der Waals surface area (Å²) in [6.07, 6.45) is 7.82. The van der Waals surface area contributed by atoms with Crippen LogP contribution in [0.25, 0.3) is 11.1 Å². The van der Waals surface area contributed by atoms with Gasteiger partial charge in [0.1, 0.15) is 6.04 Å². The smallest absolute Gasteiger partial charge is 0.480 e. The molecule has 1 amide bonds. The van der Waals surface area contributed by atoms with E-state index >= 15 is 0 Å². The standard InChI is InChI=1S/C27H36N2O5S2.Li/c1-19-8-6-7-11-22(19)24-16-21(18-36(33,34)28-17-20-9-4-3-5-10-20)12-13-23(24)26(30)29-25(27(31)32)14-15-35-2;/h6-8,11-13,16,20,25,28H,3-5,9-10,14-15,17-18H2,1-2H3,(H,29,30)(H,31,32);/q;+1. The van der Waals surface area contributed by atoms with Crippen molar-refractivity contribution in [1.29, 1.82) is 0 Å². The number of thioether (sulfide) groups is 1. The Morgan fingerprint density at radius 2 is 1.78 bits per heavy atom. The van der Waals surface area contributed by atoms with Crippen LogP contribution >= 0.6 is 11.8 Å². The molecule has 1 unspecified atom stereocenters. The molecule has 7 nitrogen and oxygen atoms in total. The number of carbonyl (C=O) groups excluding carboxylic acids is 1. The number of carboxylic acid groups (broad SMARTS) is 1. The third-order valence-electron chi connectivity index (χ3n) is 6.65. The SMILES string of the molecule is CSCCC(NC(=O)c1ccc(CS(=O)(=O)NCC2CCCCC2)cc1-c1ccccc1C)C(=O)O.[Li+]. The predicted octanol–water partition coefficient (Wildman–Crippen LogP) is 1.60. The van der Waals surface area contributed by atoms with Gasteiger partial charge in [-0.25, -0.2) is 17.9 Å². The molecule has 2 aromatic carbocycles. The number of carbonyl (C=O) groups is 2. The van der Waals surface area contributed by atoms with E-state index in [0.717, 1.165) is 36.8 Å². The Hall–Kier alpha value is -1.76. The van der Waals surface area contributed by atoms with E-state index in [9.17, 15) is 23.1 Å². The van der Waals surface area contributed by atoms with Gasteiger partial charge in [0, 0.05) is 12.1 Å². The number of aliphatic carboxylic acids is 1. The minimum absolute atomic E-state index is 0.